The van der Waals surface area contributed by atoms with Gasteiger partial charge in [0, 0.05) is 49.5 Å². The number of ketones is 1. The number of carbonyl (C=O) groups excluding carboxylic acids is 3. The first-order chi connectivity index (χ1) is 31.9. The predicted molar refractivity (Wildman–Crippen MR) is 270 cm³/mol. The number of fused-ring (bicyclic) bond motifs is 2. The van der Waals surface area contributed by atoms with E-state index in [0.717, 1.165) is 24.8 Å². The minimum atomic E-state index is -1.29. The van der Waals surface area contributed by atoms with Crippen LogP contribution < -0.4 is 0 Å². The molecular formula is C56H98O12. The van der Waals surface area contributed by atoms with E-state index in [-0.39, 0.29) is 61.4 Å². The maximum Gasteiger partial charge on any atom is 0.331 e. The van der Waals surface area contributed by atoms with Crippen LogP contribution in [0.5, 0.6) is 0 Å². The molecule has 0 saturated carbocycles. The number of carbonyl (C=O) groups is 3. The van der Waals surface area contributed by atoms with Crippen LogP contribution in [0.3, 0.4) is 0 Å². The summed E-state index contributed by atoms with van der Waals surface area (Å²) in [5.41, 5.74) is -0.700. The Balaban J connectivity index is 1.98. The molecule has 394 valence electrons. The maximum absolute atomic E-state index is 13.1. The molecule has 2 heterocycles. The van der Waals surface area contributed by atoms with Gasteiger partial charge >= 0.3 is 11.9 Å². The van der Waals surface area contributed by atoms with Crippen molar-refractivity contribution in [3.63, 3.8) is 0 Å². The van der Waals surface area contributed by atoms with Gasteiger partial charge in [-0.3, -0.25) is 9.59 Å². The summed E-state index contributed by atoms with van der Waals surface area (Å²) >= 11 is 0. The average molecular weight is 963 g/mol. The van der Waals surface area contributed by atoms with Crippen molar-refractivity contribution in [3.05, 3.63) is 35.5 Å². The van der Waals surface area contributed by atoms with Crippen LogP contribution in [0.4, 0.5) is 0 Å². The number of esters is 2. The number of aliphatic hydroxyl groups excluding tert-OH is 6. The normalized spacial score (nSPS) is 27.1. The minimum absolute atomic E-state index is 0.0372. The Hall–Kier alpha value is -2.45. The van der Waals surface area contributed by atoms with E-state index in [0.29, 0.717) is 44.1 Å². The van der Waals surface area contributed by atoms with Crippen molar-refractivity contribution in [2.75, 3.05) is 0 Å². The van der Waals surface area contributed by atoms with Crippen molar-refractivity contribution in [3.8, 4) is 0 Å². The Morgan fingerprint density at radius 3 is 1.96 bits per heavy atom. The van der Waals surface area contributed by atoms with Gasteiger partial charge in [0.25, 0.3) is 0 Å². The van der Waals surface area contributed by atoms with Crippen LogP contribution in [0.2, 0.25) is 0 Å². The first-order valence-corrected chi connectivity index (χ1v) is 26.6. The Labute approximate surface area is 411 Å². The molecule has 2 aliphatic rings. The summed E-state index contributed by atoms with van der Waals surface area (Å²) in [5, 5.41) is 68.1. The Kier molecular flexibility index (Phi) is 28.2. The fourth-order valence-electron chi connectivity index (χ4n) is 10.1. The molecule has 1 fully saturated rings. The summed E-state index contributed by atoms with van der Waals surface area (Å²) in [6.07, 6.45) is 13.4. The van der Waals surface area contributed by atoms with Crippen LogP contribution in [-0.4, -0.2) is 109 Å². The second-order valence-corrected chi connectivity index (χ2v) is 22.3. The highest BCUT2D eigenvalue weighted by Gasteiger charge is 2.52. The summed E-state index contributed by atoms with van der Waals surface area (Å²) in [6.45, 7) is 22.0. The van der Waals surface area contributed by atoms with Gasteiger partial charge < -0.3 is 44.8 Å². The van der Waals surface area contributed by atoms with Crippen LogP contribution in [-0.2, 0) is 28.6 Å². The summed E-state index contributed by atoms with van der Waals surface area (Å²) in [5.74, 6) is -1.59. The van der Waals surface area contributed by atoms with Gasteiger partial charge in [0.15, 0.2) is 5.78 Å². The lowest BCUT2D eigenvalue weighted by Crippen LogP contribution is -2.48. The first kappa shape index (κ1) is 61.7. The molecule has 12 heteroatoms. The van der Waals surface area contributed by atoms with Crippen LogP contribution in [0, 0.1) is 23.2 Å². The quantitative estimate of drug-likeness (QED) is 0.0173. The Morgan fingerprint density at radius 2 is 1.38 bits per heavy atom. The van der Waals surface area contributed by atoms with Gasteiger partial charge in [-0.1, -0.05) is 142 Å². The molecule has 0 aromatic heterocycles. The van der Waals surface area contributed by atoms with Crippen LogP contribution in [0.1, 0.15) is 217 Å². The molecule has 0 aliphatic carbocycles. The third kappa shape index (κ3) is 22.3. The van der Waals surface area contributed by atoms with Crippen LogP contribution in [0.15, 0.2) is 35.5 Å². The van der Waals surface area contributed by atoms with Gasteiger partial charge in [0.2, 0.25) is 0 Å². The molecule has 0 spiro atoms. The number of hydrogen-bond donors (Lipinski definition) is 6. The number of hydrogen-bond acceptors (Lipinski definition) is 12. The van der Waals surface area contributed by atoms with E-state index in [1.165, 1.54) is 70.8 Å². The largest absolute Gasteiger partial charge is 0.462 e. The van der Waals surface area contributed by atoms with E-state index in [1.807, 2.05) is 6.92 Å². The predicted octanol–water partition coefficient (Wildman–Crippen LogP) is 10.1. The molecule has 2 bridgehead atoms. The van der Waals surface area contributed by atoms with E-state index in [9.17, 15) is 45.0 Å². The van der Waals surface area contributed by atoms with E-state index < -0.39 is 77.7 Å². The number of rotatable bonds is 30. The lowest BCUT2D eigenvalue weighted by molar-refractivity contribution is -0.164. The molecule has 10 unspecified atom stereocenters. The second-order valence-electron chi connectivity index (χ2n) is 22.3. The number of ether oxygens (including phenoxy) is 3. The molecule has 0 radical (unpaired) electrons. The van der Waals surface area contributed by atoms with Crippen molar-refractivity contribution in [1.29, 1.82) is 0 Å². The standard InChI is InChI=1S/C56H98O12/c1-12-13-14-15-16-17-18-19-20-21-22-23-24-25-53(64)66-45(33-41(6)43(8)57)34-47(59)42(7)48(60)36-50(62)55(9,10)49(61)30-40(5)31-51(63)56(11)52-35-46(68-56)29-39(4)28-44(58)27-37(2)26-38(3)32-54(65)67-52/h31-32,37,39,42,44-52,58-63H,6,12-30,33-36H2,1-5,7-11H3/b38-32+,40-31+/t37?,39?,42?,44?,45?,46-,47?,48?,49?,50?,51?,52+,56+/m0/s1. The van der Waals surface area contributed by atoms with Crippen molar-refractivity contribution < 1.29 is 59.2 Å². The highest BCUT2D eigenvalue weighted by molar-refractivity contribution is 5.92. The Bertz CT molecular complexity index is 1570. The molecule has 0 aromatic rings. The van der Waals surface area contributed by atoms with Crippen LogP contribution >= 0.6 is 0 Å². The SMILES string of the molecule is C=C(CC(CC(O)C(C)C(O)CC(O)C(C)(C)C(O)C/C(C)=C/C(O)[C@@]1(C)O[C@H]2CC(C)CC(O)CC(C)C/C(C)=C/C(=O)O[C@@H]1C2)OC(=O)CCCCCCCCCCCCCCC)C(C)=O. The lowest BCUT2D eigenvalue weighted by Gasteiger charge is -2.38. The van der Waals surface area contributed by atoms with E-state index in [4.69, 9.17) is 14.2 Å². The molecule has 6 N–H and O–H groups in total. The number of allylic oxidation sites excluding steroid dienone is 1. The summed E-state index contributed by atoms with van der Waals surface area (Å²) in [6, 6.07) is 0. The van der Waals surface area contributed by atoms with Crippen molar-refractivity contribution in [2.45, 2.75) is 277 Å². The number of aliphatic hydroxyl groups is 6. The van der Waals surface area contributed by atoms with E-state index in [1.54, 1.807) is 40.7 Å². The minimum Gasteiger partial charge on any atom is -0.462 e. The molecular weight excluding hydrogens is 865 g/mol. The lowest BCUT2D eigenvalue weighted by atomic mass is 9.75. The maximum atomic E-state index is 13.1. The molecule has 13 atom stereocenters. The summed E-state index contributed by atoms with van der Waals surface area (Å²) in [7, 11) is 0. The third-order valence-electron chi connectivity index (χ3n) is 15.0. The van der Waals surface area contributed by atoms with Gasteiger partial charge in [0.05, 0.1) is 36.6 Å². The van der Waals surface area contributed by atoms with Gasteiger partial charge in [-0.25, -0.2) is 4.79 Å². The van der Waals surface area contributed by atoms with E-state index >= 15 is 0 Å². The molecule has 0 aromatic carbocycles. The molecule has 1 saturated heterocycles. The van der Waals surface area contributed by atoms with Crippen molar-refractivity contribution >= 4 is 17.7 Å². The third-order valence-corrected chi connectivity index (χ3v) is 15.0. The Morgan fingerprint density at radius 1 is 0.838 bits per heavy atom. The molecule has 0 amide bonds. The smallest absolute Gasteiger partial charge is 0.331 e. The molecule has 12 nitrogen and oxygen atoms in total. The summed E-state index contributed by atoms with van der Waals surface area (Å²) < 4.78 is 18.3. The monoisotopic (exact) mass is 963 g/mol. The van der Waals surface area contributed by atoms with Gasteiger partial charge in [0.1, 0.15) is 23.9 Å². The number of Topliss-reactive ketones (excluding diaryl/α,β-unsaturated/α-hetero) is 1. The first-order valence-electron chi connectivity index (χ1n) is 26.6. The summed E-state index contributed by atoms with van der Waals surface area (Å²) in [4.78, 5) is 38.1. The highest BCUT2D eigenvalue weighted by atomic mass is 16.6. The van der Waals surface area contributed by atoms with Crippen LogP contribution in [0.25, 0.3) is 0 Å². The molecule has 2 rings (SSSR count). The van der Waals surface area contributed by atoms with Gasteiger partial charge in [-0.05, 0) is 83.6 Å². The van der Waals surface area contributed by atoms with Gasteiger partial charge in [-0.2, -0.15) is 0 Å². The molecule has 68 heavy (non-hydrogen) atoms. The number of unbranched alkanes of at least 4 members (excludes halogenated alkanes) is 12. The van der Waals surface area contributed by atoms with Crippen molar-refractivity contribution in [1.82, 2.24) is 0 Å². The van der Waals surface area contributed by atoms with E-state index in [2.05, 4.69) is 27.4 Å². The topological polar surface area (TPSA) is 200 Å². The second kappa shape index (κ2) is 31.1. The zero-order valence-corrected chi connectivity index (χ0v) is 44.2. The van der Waals surface area contributed by atoms with Gasteiger partial charge in [-0.15, -0.1) is 0 Å². The fraction of sp³-hybridized carbons (Fsp3) is 0.839. The fourth-order valence-corrected chi connectivity index (χ4v) is 10.1. The molecule has 2 aliphatic heterocycles. The highest BCUT2D eigenvalue weighted by Crippen LogP contribution is 2.41. The zero-order valence-electron chi connectivity index (χ0n) is 44.2. The zero-order chi connectivity index (χ0) is 51.2. The van der Waals surface area contributed by atoms with Crippen molar-refractivity contribution in [2.24, 2.45) is 23.2 Å². The average Bonchev–Trinajstić information content (AvgIpc) is 3.55.